The van der Waals surface area contributed by atoms with Gasteiger partial charge in [-0.3, -0.25) is 14.5 Å². The van der Waals surface area contributed by atoms with E-state index in [0.717, 1.165) is 12.0 Å². The molecular weight excluding hydrogens is 409 g/mol. The zero-order valence-corrected chi connectivity index (χ0v) is 17.7. The Morgan fingerprint density at radius 3 is 2.34 bits per heavy atom. The number of benzene rings is 3. The number of nitrogens with zero attached hydrogens (tertiary/aromatic N) is 1. The molecule has 6 heteroatoms. The summed E-state index contributed by atoms with van der Waals surface area (Å²) in [5, 5.41) is 11.1. The number of Topliss-reactive ketones (excluding diaryl/α,β-unsaturated/α-hetero) is 1. The van der Waals surface area contributed by atoms with Gasteiger partial charge in [-0.15, -0.1) is 0 Å². The number of halogens is 1. The van der Waals surface area contributed by atoms with Gasteiger partial charge in [0.05, 0.1) is 18.7 Å². The van der Waals surface area contributed by atoms with Crippen LogP contribution in [0.5, 0.6) is 5.75 Å². The van der Waals surface area contributed by atoms with Crippen molar-refractivity contribution in [2.75, 3.05) is 12.0 Å². The molecule has 1 atom stereocenters. The summed E-state index contributed by atoms with van der Waals surface area (Å²) >= 11 is 0. The predicted molar refractivity (Wildman–Crippen MR) is 120 cm³/mol. The Morgan fingerprint density at radius 2 is 1.72 bits per heavy atom. The molecule has 1 saturated heterocycles. The van der Waals surface area contributed by atoms with Gasteiger partial charge in [0.1, 0.15) is 17.3 Å². The van der Waals surface area contributed by atoms with Gasteiger partial charge in [0.15, 0.2) is 0 Å². The highest BCUT2D eigenvalue weighted by Crippen LogP contribution is 2.42. The van der Waals surface area contributed by atoms with E-state index in [9.17, 15) is 19.1 Å². The molecule has 1 aliphatic rings. The SMILES string of the molecule is CCc1ccc(/C(O)=C2\C(=O)C(=O)N(c3cccc(OC)c3)C2c2ccc(F)cc2)cc1. The van der Waals surface area contributed by atoms with Crippen LogP contribution in [-0.4, -0.2) is 23.9 Å². The highest BCUT2D eigenvalue weighted by Gasteiger charge is 2.47. The molecule has 3 aromatic rings. The molecule has 1 N–H and O–H groups in total. The maximum atomic E-state index is 13.6. The molecule has 32 heavy (non-hydrogen) atoms. The first-order valence-corrected chi connectivity index (χ1v) is 10.2. The van der Waals surface area contributed by atoms with Gasteiger partial charge in [-0.05, 0) is 41.8 Å². The number of anilines is 1. The number of hydrogen-bond donors (Lipinski definition) is 1. The van der Waals surface area contributed by atoms with Crippen molar-refractivity contribution in [3.8, 4) is 5.75 Å². The molecule has 162 valence electrons. The lowest BCUT2D eigenvalue weighted by atomic mass is 9.94. The molecule has 4 rings (SSSR count). The number of methoxy groups -OCH3 is 1. The summed E-state index contributed by atoms with van der Waals surface area (Å²) in [6, 6.07) is 18.5. The summed E-state index contributed by atoms with van der Waals surface area (Å²) < 4.78 is 18.9. The van der Waals surface area contributed by atoms with E-state index in [-0.39, 0.29) is 11.3 Å². The van der Waals surface area contributed by atoms with Crippen LogP contribution in [0.2, 0.25) is 0 Å². The first-order chi connectivity index (χ1) is 15.4. The maximum Gasteiger partial charge on any atom is 0.300 e. The number of ether oxygens (including phenoxy) is 1. The molecule has 1 aliphatic heterocycles. The second-order valence-corrected chi connectivity index (χ2v) is 7.47. The standard InChI is InChI=1S/C26H22FNO4/c1-3-16-7-9-18(10-8-16)24(29)22-23(17-11-13-19(27)14-12-17)28(26(31)25(22)30)20-5-4-6-21(15-20)32-2/h4-15,23,29H,3H2,1-2H3/b24-22+. The highest BCUT2D eigenvalue weighted by molar-refractivity contribution is 6.51. The van der Waals surface area contributed by atoms with Gasteiger partial charge in [0.25, 0.3) is 11.7 Å². The van der Waals surface area contributed by atoms with Gasteiger partial charge in [-0.1, -0.05) is 49.4 Å². The summed E-state index contributed by atoms with van der Waals surface area (Å²) in [7, 11) is 1.50. The van der Waals surface area contributed by atoms with Gasteiger partial charge in [-0.2, -0.15) is 0 Å². The number of carbonyl (C=O) groups is 2. The van der Waals surface area contributed by atoms with Crippen molar-refractivity contribution in [1.29, 1.82) is 0 Å². The van der Waals surface area contributed by atoms with Crippen LogP contribution in [0, 0.1) is 5.82 Å². The van der Waals surface area contributed by atoms with Crippen molar-refractivity contribution in [1.82, 2.24) is 0 Å². The van der Waals surface area contributed by atoms with Crippen molar-refractivity contribution in [2.24, 2.45) is 0 Å². The van der Waals surface area contributed by atoms with Crippen molar-refractivity contribution >= 4 is 23.1 Å². The van der Waals surface area contributed by atoms with E-state index in [1.54, 1.807) is 36.4 Å². The molecule has 0 spiro atoms. The Morgan fingerprint density at radius 1 is 1.03 bits per heavy atom. The lowest BCUT2D eigenvalue weighted by molar-refractivity contribution is -0.132. The lowest BCUT2D eigenvalue weighted by Gasteiger charge is -2.25. The van der Waals surface area contributed by atoms with Crippen LogP contribution in [0.3, 0.4) is 0 Å². The normalized spacial score (nSPS) is 17.6. The van der Waals surface area contributed by atoms with Crippen LogP contribution in [0.15, 0.2) is 78.4 Å². The van der Waals surface area contributed by atoms with Gasteiger partial charge >= 0.3 is 0 Å². The number of rotatable bonds is 5. The average molecular weight is 431 g/mol. The van der Waals surface area contributed by atoms with Crippen LogP contribution in [-0.2, 0) is 16.0 Å². The summed E-state index contributed by atoms with van der Waals surface area (Å²) in [6.07, 6.45) is 0.830. The van der Waals surface area contributed by atoms with E-state index >= 15 is 0 Å². The Bertz CT molecular complexity index is 1200. The Labute approximate surface area is 185 Å². The number of hydrogen-bond acceptors (Lipinski definition) is 4. The fourth-order valence-electron chi connectivity index (χ4n) is 3.87. The van der Waals surface area contributed by atoms with E-state index in [1.165, 1.54) is 36.3 Å². The van der Waals surface area contributed by atoms with Crippen LogP contribution in [0.4, 0.5) is 10.1 Å². The smallest absolute Gasteiger partial charge is 0.300 e. The van der Waals surface area contributed by atoms with E-state index in [1.807, 2.05) is 19.1 Å². The molecule has 1 unspecified atom stereocenters. The van der Waals surface area contributed by atoms with Gasteiger partial charge in [-0.25, -0.2) is 4.39 Å². The summed E-state index contributed by atoms with van der Waals surface area (Å²) in [4.78, 5) is 27.5. The highest BCUT2D eigenvalue weighted by atomic mass is 19.1. The van der Waals surface area contributed by atoms with E-state index in [4.69, 9.17) is 4.74 Å². The molecule has 0 bridgehead atoms. The number of ketones is 1. The van der Waals surface area contributed by atoms with E-state index < -0.39 is 23.5 Å². The average Bonchev–Trinajstić information content (AvgIpc) is 3.09. The molecule has 1 heterocycles. The molecule has 0 radical (unpaired) electrons. The van der Waals surface area contributed by atoms with E-state index in [0.29, 0.717) is 22.6 Å². The van der Waals surface area contributed by atoms with Crippen LogP contribution in [0.25, 0.3) is 5.76 Å². The number of aliphatic hydroxyl groups is 1. The topological polar surface area (TPSA) is 66.8 Å². The molecule has 0 aliphatic carbocycles. The van der Waals surface area contributed by atoms with Crippen LogP contribution in [0.1, 0.15) is 29.7 Å². The minimum absolute atomic E-state index is 0.0475. The zero-order chi connectivity index (χ0) is 22.8. The second-order valence-electron chi connectivity index (χ2n) is 7.47. The maximum absolute atomic E-state index is 13.6. The molecule has 3 aromatic carbocycles. The van der Waals surface area contributed by atoms with Crippen molar-refractivity contribution in [3.63, 3.8) is 0 Å². The lowest BCUT2D eigenvalue weighted by Crippen LogP contribution is -2.29. The molecule has 1 fully saturated rings. The monoisotopic (exact) mass is 431 g/mol. The minimum atomic E-state index is -0.923. The summed E-state index contributed by atoms with van der Waals surface area (Å²) in [6.45, 7) is 2.02. The van der Waals surface area contributed by atoms with Gasteiger partial charge in [0.2, 0.25) is 0 Å². The van der Waals surface area contributed by atoms with Gasteiger partial charge < -0.3 is 9.84 Å². The fraction of sp³-hybridized carbons (Fsp3) is 0.154. The minimum Gasteiger partial charge on any atom is -0.507 e. The molecule has 1 amide bonds. The molecular formula is C26H22FNO4. The van der Waals surface area contributed by atoms with Crippen molar-refractivity contribution in [3.05, 3.63) is 101 Å². The van der Waals surface area contributed by atoms with Crippen LogP contribution >= 0.6 is 0 Å². The second kappa shape index (κ2) is 8.67. The number of aliphatic hydroxyl groups excluding tert-OH is 1. The molecule has 0 saturated carbocycles. The number of aryl methyl sites for hydroxylation is 1. The number of amides is 1. The quantitative estimate of drug-likeness (QED) is 0.350. The first kappa shape index (κ1) is 21.3. The summed E-state index contributed by atoms with van der Waals surface area (Å²) in [5.74, 6) is -1.79. The third kappa shape index (κ3) is 3.75. The molecule has 0 aromatic heterocycles. The first-order valence-electron chi connectivity index (χ1n) is 10.2. The predicted octanol–water partition coefficient (Wildman–Crippen LogP) is 5.02. The Kier molecular flexibility index (Phi) is 5.77. The largest absolute Gasteiger partial charge is 0.507 e. The van der Waals surface area contributed by atoms with Crippen molar-refractivity contribution < 1.29 is 23.8 Å². The third-order valence-electron chi connectivity index (χ3n) is 5.60. The fourth-order valence-corrected chi connectivity index (χ4v) is 3.87. The summed E-state index contributed by atoms with van der Waals surface area (Å²) in [5.41, 5.74) is 2.39. The Balaban J connectivity index is 1.92. The Hall–Kier alpha value is -3.93. The van der Waals surface area contributed by atoms with Gasteiger partial charge in [0, 0.05) is 17.3 Å². The molecule has 5 nitrogen and oxygen atoms in total. The number of carbonyl (C=O) groups excluding carboxylic acids is 2. The van der Waals surface area contributed by atoms with E-state index in [2.05, 4.69) is 0 Å². The zero-order valence-electron chi connectivity index (χ0n) is 17.7. The third-order valence-corrected chi connectivity index (χ3v) is 5.60. The van der Waals surface area contributed by atoms with Crippen LogP contribution < -0.4 is 9.64 Å². The van der Waals surface area contributed by atoms with Crippen molar-refractivity contribution in [2.45, 2.75) is 19.4 Å².